The molecule has 1 nitrogen and oxygen atoms in total. The summed E-state index contributed by atoms with van der Waals surface area (Å²) in [6, 6.07) is 10.9. The maximum Gasteiger partial charge on any atom is 0.115 e. The lowest BCUT2D eigenvalue weighted by molar-refractivity contribution is -0.0363. The third kappa shape index (κ3) is 2.50. The first-order valence-electron chi connectivity index (χ1n) is 6.36. The molecule has 0 N–H and O–H groups in total. The van der Waals surface area contributed by atoms with Crippen molar-refractivity contribution in [3.8, 4) is 0 Å². The lowest BCUT2D eigenvalue weighted by atomic mass is 9.81. The molecule has 3 heterocycles. The van der Waals surface area contributed by atoms with Crippen molar-refractivity contribution in [2.75, 3.05) is 18.8 Å². The molecule has 1 aromatic carbocycles. The monoisotopic (exact) mass is 251 g/mol. The van der Waals surface area contributed by atoms with Gasteiger partial charge in [-0.3, -0.25) is 4.90 Å². The second-order valence-electron chi connectivity index (χ2n) is 5.17. The molecule has 3 fully saturated rings. The predicted octanol–water partition coefficient (Wildman–Crippen LogP) is 3.36. The molecule has 3 aliphatic heterocycles. The molecule has 4 rings (SSSR count). The minimum Gasteiger partial charge on any atom is -0.299 e. The van der Waals surface area contributed by atoms with E-state index < -0.39 is 5.67 Å². The van der Waals surface area contributed by atoms with Crippen LogP contribution in [0, 0.1) is 0 Å². The van der Waals surface area contributed by atoms with E-state index in [1.807, 2.05) is 17.8 Å². The van der Waals surface area contributed by atoms with Crippen LogP contribution in [0.5, 0.6) is 0 Å². The summed E-state index contributed by atoms with van der Waals surface area (Å²) in [5.74, 6) is 1.02. The number of piperidine rings is 3. The van der Waals surface area contributed by atoms with Gasteiger partial charge in [0.1, 0.15) is 5.67 Å². The summed E-state index contributed by atoms with van der Waals surface area (Å²) >= 11 is 1.86. The van der Waals surface area contributed by atoms with E-state index in [9.17, 15) is 4.39 Å². The summed E-state index contributed by atoms with van der Waals surface area (Å²) in [5, 5.41) is 0. The van der Waals surface area contributed by atoms with Gasteiger partial charge < -0.3 is 0 Å². The molecular weight excluding hydrogens is 233 g/mol. The van der Waals surface area contributed by atoms with Crippen LogP contribution in [0.3, 0.4) is 0 Å². The van der Waals surface area contributed by atoms with Gasteiger partial charge >= 0.3 is 0 Å². The lowest BCUT2D eigenvalue weighted by Crippen LogP contribution is -2.56. The third-order valence-corrected chi connectivity index (χ3v) is 5.15. The van der Waals surface area contributed by atoms with E-state index in [0.717, 1.165) is 38.1 Å². The highest BCUT2D eigenvalue weighted by atomic mass is 32.2. The van der Waals surface area contributed by atoms with Gasteiger partial charge in [-0.05, 0) is 31.4 Å². The average Bonchev–Trinajstić information content (AvgIpc) is 2.38. The first-order chi connectivity index (χ1) is 8.25. The largest absolute Gasteiger partial charge is 0.299 e. The Morgan fingerprint density at radius 2 is 1.94 bits per heavy atom. The third-order valence-electron chi connectivity index (χ3n) is 4.00. The Morgan fingerprint density at radius 3 is 2.59 bits per heavy atom. The van der Waals surface area contributed by atoms with Crippen molar-refractivity contribution in [3.63, 3.8) is 0 Å². The van der Waals surface area contributed by atoms with Crippen LogP contribution in [0.15, 0.2) is 35.2 Å². The van der Waals surface area contributed by atoms with Crippen LogP contribution >= 0.6 is 11.8 Å². The first kappa shape index (κ1) is 11.5. The number of hydrogen-bond acceptors (Lipinski definition) is 2. The van der Waals surface area contributed by atoms with Crippen molar-refractivity contribution in [3.05, 3.63) is 30.3 Å². The minimum atomic E-state index is -0.851. The second-order valence-corrected chi connectivity index (χ2v) is 6.26. The summed E-state index contributed by atoms with van der Waals surface area (Å²) in [6.45, 7) is 1.91. The number of rotatable bonds is 3. The number of nitrogens with zero attached hydrogens (tertiary/aromatic N) is 1. The summed E-state index contributed by atoms with van der Waals surface area (Å²) in [4.78, 5) is 3.76. The Kier molecular flexibility index (Phi) is 3.14. The van der Waals surface area contributed by atoms with Gasteiger partial charge in [-0.1, -0.05) is 18.2 Å². The van der Waals surface area contributed by atoms with Gasteiger partial charge in [0.05, 0.1) is 0 Å². The normalized spacial score (nSPS) is 36.1. The van der Waals surface area contributed by atoms with E-state index in [-0.39, 0.29) is 0 Å². The van der Waals surface area contributed by atoms with E-state index in [1.54, 1.807) is 0 Å². The highest BCUT2D eigenvalue weighted by Gasteiger charge is 2.44. The number of halogens is 1. The van der Waals surface area contributed by atoms with Crippen LogP contribution in [0.25, 0.3) is 0 Å². The minimum absolute atomic E-state index is 0.438. The molecule has 1 unspecified atom stereocenters. The molecule has 3 saturated heterocycles. The first-order valence-corrected chi connectivity index (χ1v) is 7.35. The molecule has 0 amide bonds. The van der Waals surface area contributed by atoms with Crippen LogP contribution in [0.1, 0.15) is 19.3 Å². The molecular formula is C14H18FNS. The average molecular weight is 251 g/mol. The fourth-order valence-corrected chi connectivity index (χ4v) is 3.98. The van der Waals surface area contributed by atoms with Crippen molar-refractivity contribution in [2.24, 2.45) is 0 Å². The van der Waals surface area contributed by atoms with Crippen LogP contribution in [0.2, 0.25) is 0 Å². The van der Waals surface area contributed by atoms with Gasteiger partial charge in [0.25, 0.3) is 0 Å². The molecule has 0 saturated carbocycles. The van der Waals surface area contributed by atoms with E-state index in [1.165, 1.54) is 4.90 Å². The van der Waals surface area contributed by atoms with Crippen molar-refractivity contribution >= 4 is 11.8 Å². The zero-order valence-corrected chi connectivity index (χ0v) is 10.8. The van der Waals surface area contributed by atoms with Gasteiger partial charge in [-0.15, -0.1) is 11.8 Å². The molecule has 0 aliphatic carbocycles. The van der Waals surface area contributed by atoms with E-state index >= 15 is 0 Å². The molecule has 17 heavy (non-hydrogen) atoms. The smallest absolute Gasteiger partial charge is 0.115 e. The van der Waals surface area contributed by atoms with Crippen molar-refractivity contribution < 1.29 is 4.39 Å². The van der Waals surface area contributed by atoms with Gasteiger partial charge in [-0.2, -0.15) is 0 Å². The number of fused-ring (bicyclic) bond motifs is 3. The summed E-state index contributed by atoms with van der Waals surface area (Å²) in [6.07, 6.45) is 2.24. The maximum atomic E-state index is 14.3. The van der Waals surface area contributed by atoms with Gasteiger partial charge in [0.2, 0.25) is 0 Å². The van der Waals surface area contributed by atoms with Gasteiger partial charge in [-0.25, -0.2) is 4.39 Å². The number of thioether (sulfide) groups is 1. The van der Waals surface area contributed by atoms with E-state index in [4.69, 9.17) is 0 Å². The molecule has 92 valence electrons. The summed E-state index contributed by atoms with van der Waals surface area (Å²) in [7, 11) is 0. The molecule has 0 radical (unpaired) electrons. The van der Waals surface area contributed by atoms with Crippen LogP contribution in [-0.2, 0) is 0 Å². The fourth-order valence-electron chi connectivity index (χ4n) is 2.92. The Hall–Kier alpha value is -0.540. The van der Waals surface area contributed by atoms with Gasteiger partial charge in [0.15, 0.2) is 0 Å². The predicted molar refractivity (Wildman–Crippen MR) is 70.2 cm³/mol. The summed E-state index contributed by atoms with van der Waals surface area (Å²) in [5.41, 5.74) is -0.851. The zero-order chi connectivity index (χ0) is 11.7. The Balaban J connectivity index is 1.59. The highest BCUT2D eigenvalue weighted by Crippen LogP contribution is 2.40. The number of hydrogen-bond donors (Lipinski definition) is 0. The van der Waals surface area contributed by atoms with Crippen LogP contribution in [-0.4, -0.2) is 35.5 Å². The van der Waals surface area contributed by atoms with Crippen LogP contribution < -0.4 is 0 Å². The fraction of sp³-hybridized carbons (Fsp3) is 0.571. The molecule has 0 spiro atoms. The highest BCUT2D eigenvalue weighted by molar-refractivity contribution is 7.99. The number of alkyl halides is 1. The Morgan fingerprint density at radius 1 is 1.24 bits per heavy atom. The quantitative estimate of drug-likeness (QED) is 0.758. The van der Waals surface area contributed by atoms with Crippen molar-refractivity contribution in [1.29, 1.82) is 0 Å². The zero-order valence-electron chi connectivity index (χ0n) is 9.94. The van der Waals surface area contributed by atoms with Gasteiger partial charge in [0, 0.05) is 29.8 Å². The van der Waals surface area contributed by atoms with Crippen LogP contribution in [0.4, 0.5) is 4.39 Å². The Labute approximate surface area is 106 Å². The van der Waals surface area contributed by atoms with E-state index in [2.05, 4.69) is 29.2 Å². The molecule has 0 aromatic heterocycles. The van der Waals surface area contributed by atoms with Crippen molar-refractivity contribution in [2.45, 2.75) is 35.9 Å². The molecule has 1 aromatic rings. The standard InChI is InChI=1S/C14H18FNS/c15-14-6-8-16(9-7-14)12(10-14)11-17-13-4-2-1-3-5-13/h1-5,12H,6-11H2. The SMILES string of the molecule is FC12CCN(CC1)C(CSc1ccccc1)C2. The van der Waals surface area contributed by atoms with Crippen molar-refractivity contribution in [1.82, 2.24) is 4.90 Å². The molecule has 3 aliphatic rings. The molecule has 1 atom stereocenters. The molecule has 2 bridgehead atoms. The molecule has 3 heteroatoms. The maximum absolute atomic E-state index is 14.3. The Bertz CT molecular complexity index is 373. The lowest BCUT2D eigenvalue weighted by Gasteiger charge is -2.48. The second kappa shape index (κ2) is 4.62. The number of benzene rings is 1. The van der Waals surface area contributed by atoms with E-state index in [0.29, 0.717) is 6.04 Å². The summed E-state index contributed by atoms with van der Waals surface area (Å²) < 4.78 is 14.3. The topological polar surface area (TPSA) is 3.24 Å².